The normalized spacial score (nSPS) is 12.3. The summed E-state index contributed by atoms with van der Waals surface area (Å²) in [6.07, 6.45) is 4.56. The highest BCUT2D eigenvalue weighted by molar-refractivity contribution is 6.02. The smallest absolute Gasteiger partial charge is 0.248 e. The summed E-state index contributed by atoms with van der Waals surface area (Å²) in [6, 6.07) is 14.3. The number of anilines is 1. The van der Waals surface area contributed by atoms with Crippen LogP contribution in [0.1, 0.15) is 48.4 Å². The largest absolute Gasteiger partial charge is 0.323 e. The van der Waals surface area contributed by atoms with Gasteiger partial charge < -0.3 is 5.32 Å². The van der Waals surface area contributed by atoms with E-state index < -0.39 is 0 Å². The lowest BCUT2D eigenvalue weighted by molar-refractivity contribution is -0.111. The maximum Gasteiger partial charge on any atom is 0.248 e. The highest BCUT2D eigenvalue weighted by Crippen LogP contribution is 2.20. The molecule has 0 spiro atoms. The number of nitrogens with one attached hydrogen (secondary N) is 1. The maximum absolute atomic E-state index is 12.0. The molecular weight excluding hydrogens is 282 g/mol. The van der Waals surface area contributed by atoms with E-state index in [2.05, 4.69) is 57.3 Å². The van der Waals surface area contributed by atoms with Crippen LogP contribution in [0.4, 0.5) is 5.69 Å². The summed E-state index contributed by atoms with van der Waals surface area (Å²) >= 11 is 0. The van der Waals surface area contributed by atoms with Gasteiger partial charge in [-0.25, -0.2) is 0 Å². The second-order valence-corrected chi connectivity index (χ2v) is 6.11. The number of carbonyl (C=O) groups is 1. The van der Waals surface area contributed by atoms with Crippen LogP contribution in [-0.4, -0.2) is 5.91 Å². The van der Waals surface area contributed by atoms with Crippen molar-refractivity contribution in [3.63, 3.8) is 0 Å². The molecule has 0 aliphatic rings. The number of hydrogen-bond donors (Lipinski definition) is 1. The van der Waals surface area contributed by atoms with Gasteiger partial charge in [-0.15, -0.1) is 0 Å². The van der Waals surface area contributed by atoms with E-state index in [0.717, 1.165) is 17.7 Å². The fraction of sp³-hybridized carbons (Fsp3) is 0.286. The third-order valence-corrected chi connectivity index (χ3v) is 4.20. The van der Waals surface area contributed by atoms with Crippen molar-refractivity contribution in [2.45, 2.75) is 40.0 Å². The third-order valence-electron chi connectivity index (χ3n) is 4.20. The van der Waals surface area contributed by atoms with Crippen LogP contribution in [0.3, 0.4) is 0 Å². The number of hydrogen-bond acceptors (Lipinski definition) is 1. The molecule has 2 aromatic rings. The van der Waals surface area contributed by atoms with E-state index in [1.807, 2.05) is 24.3 Å². The van der Waals surface area contributed by atoms with Gasteiger partial charge in [-0.3, -0.25) is 4.79 Å². The van der Waals surface area contributed by atoms with Crippen molar-refractivity contribution < 1.29 is 4.79 Å². The molecule has 23 heavy (non-hydrogen) atoms. The Morgan fingerprint density at radius 1 is 1.13 bits per heavy atom. The maximum atomic E-state index is 12.0. The zero-order chi connectivity index (χ0) is 16.8. The number of carbonyl (C=O) groups excluding carboxylic acids is 1. The molecule has 2 nitrogen and oxygen atoms in total. The predicted molar refractivity (Wildman–Crippen MR) is 98.7 cm³/mol. The van der Waals surface area contributed by atoms with Gasteiger partial charge in [0.25, 0.3) is 0 Å². The standard InChI is InChI=1S/C21H25NO/c1-5-16(3)18-8-11-20(12-9-18)22-21(23)13-10-19-7-6-15(2)14-17(19)4/h6-14,16H,5H2,1-4H3,(H,22,23). The topological polar surface area (TPSA) is 29.1 Å². The van der Waals surface area contributed by atoms with Gasteiger partial charge in [-0.1, -0.05) is 49.7 Å². The van der Waals surface area contributed by atoms with Gasteiger partial charge in [0.15, 0.2) is 0 Å². The van der Waals surface area contributed by atoms with Crippen LogP contribution in [0.5, 0.6) is 0 Å². The molecule has 0 fully saturated rings. The number of amides is 1. The van der Waals surface area contributed by atoms with Crippen molar-refractivity contribution in [3.8, 4) is 0 Å². The number of benzene rings is 2. The summed E-state index contributed by atoms with van der Waals surface area (Å²) in [5, 5.41) is 2.90. The second kappa shape index (κ2) is 7.77. The lowest BCUT2D eigenvalue weighted by atomic mass is 9.99. The molecule has 0 bridgehead atoms. The van der Waals surface area contributed by atoms with E-state index in [0.29, 0.717) is 5.92 Å². The lowest BCUT2D eigenvalue weighted by Crippen LogP contribution is -2.07. The van der Waals surface area contributed by atoms with E-state index in [-0.39, 0.29) is 5.91 Å². The van der Waals surface area contributed by atoms with E-state index in [1.54, 1.807) is 6.08 Å². The average molecular weight is 307 g/mol. The van der Waals surface area contributed by atoms with Gasteiger partial charge in [0, 0.05) is 11.8 Å². The van der Waals surface area contributed by atoms with Gasteiger partial charge in [0.1, 0.15) is 0 Å². The molecule has 1 unspecified atom stereocenters. The Morgan fingerprint density at radius 2 is 1.83 bits per heavy atom. The molecule has 1 atom stereocenters. The third kappa shape index (κ3) is 4.82. The zero-order valence-corrected chi connectivity index (χ0v) is 14.4. The Morgan fingerprint density at radius 3 is 2.43 bits per heavy atom. The van der Waals surface area contributed by atoms with E-state index >= 15 is 0 Å². The molecule has 0 aliphatic heterocycles. The highest BCUT2D eigenvalue weighted by Gasteiger charge is 2.03. The molecule has 2 aromatic carbocycles. The molecule has 0 aliphatic carbocycles. The summed E-state index contributed by atoms with van der Waals surface area (Å²) in [7, 11) is 0. The number of rotatable bonds is 5. The second-order valence-electron chi connectivity index (χ2n) is 6.11. The van der Waals surface area contributed by atoms with Crippen molar-refractivity contribution in [3.05, 3.63) is 70.8 Å². The highest BCUT2D eigenvalue weighted by atomic mass is 16.1. The Labute approximate surface area is 139 Å². The molecule has 2 heteroatoms. The summed E-state index contributed by atoms with van der Waals surface area (Å²) in [5.74, 6) is 0.436. The summed E-state index contributed by atoms with van der Waals surface area (Å²) < 4.78 is 0. The first-order chi connectivity index (χ1) is 11.0. The van der Waals surface area contributed by atoms with E-state index in [4.69, 9.17) is 0 Å². The molecule has 120 valence electrons. The van der Waals surface area contributed by atoms with E-state index in [9.17, 15) is 4.79 Å². The zero-order valence-electron chi connectivity index (χ0n) is 14.4. The van der Waals surface area contributed by atoms with Crippen molar-refractivity contribution >= 4 is 17.7 Å². The minimum absolute atomic E-state index is 0.110. The van der Waals surface area contributed by atoms with Crippen LogP contribution in [0, 0.1) is 13.8 Å². The minimum atomic E-state index is -0.110. The van der Waals surface area contributed by atoms with Crippen LogP contribution in [0.15, 0.2) is 48.5 Å². The molecule has 0 saturated heterocycles. The van der Waals surface area contributed by atoms with Crippen LogP contribution < -0.4 is 5.32 Å². The van der Waals surface area contributed by atoms with Gasteiger partial charge in [0.05, 0.1) is 0 Å². The summed E-state index contributed by atoms with van der Waals surface area (Å²) in [5.41, 5.74) is 5.60. The van der Waals surface area contributed by atoms with Gasteiger partial charge in [0.2, 0.25) is 5.91 Å². The van der Waals surface area contributed by atoms with Gasteiger partial charge in [-0.2, -0.15) is 0 Å². The Balaban J connectivity index is 2.00. The van der Waals surface area contributed by atoms with Crippen LogP contribution in [-0.2, 0) is 4.79 Å². The molecule has 1 amide bonds. The van der Waals surface area contributed by atoms with Gasteiger partial charge in [-0.05, 0) is 61.1 Å². The van der Waals surface area contributed by atoms with Crippen molar-refractivity contribution in [2.75, 3.05) is 5.32 Å². The molecule has 2 rings (SSSR count). The Kier molecular flexibility index (Phi) is 5.75. The molecular formula is C21H25NO. The minimum Gasteiger partial charge on any atom is -0.323 e. The summed E-state index contributed by atoms with van der Waals surface area (Å²) in [6.45, 7) is 8.51. The lowest BCUT2D eigenvalue weighted by Gasteiger charge is -2.10. The van der Waals surface area contributed by atoms with E-state index in [1.165, 1.54) is 16.7 Å². The average Bonchev–Trinajstić information content (AvgIpc) is 2.54. The van der Waals surface area contributed by atoms with Crippen molar-refractivity contribution in [1.29, 1.82) is 0 Å². The van der Waals surface area contributed by atoms with Crippen LogP contribution >= 0.6 is 0 Å². The quantitative estimate of drug-likeness (QED) is 0.729. The monoisotopic (exact) mass is 307 g/mol. The molecule has 0 saturated carbocycles. The Bertz CT molecular complexity index is 698. The number of aryl methyl sites for hydroxylation is 2. The predicted octanol–water partition coefficient (Wildman–Crippen LogP) is 5.47. The molecule has 0 aromatic heterocycles. The molecule has 0 radical (unpaired) electrons. The SMILES string of the molecule is CCC(C)c1ccc(NC(=O)C=Cc2ccc(C)cc2C)cc1. The molecule has 1 N–H and O–H groups in total. The Hall–Kier alpha value is -2.35. The first kappa shape index (κ1) is 17.0. The first-order valence-electron chi connectivity index (χ1n) is 8.16. The molecule has 0 heterocycles. The van der Waals surface area contributed by atoms with Crippen molar-refractivity contribution in [1.82, 2.24) is 0 Å². The van der Waals surface area contributed by atoms with Crippen molar-refractivity contribution in [2.24, 2.45) is 0 Å². The first-order valence-corrected chi connectivity index (χ1v) is 8.16. The van der Waals surface area contributed by atoms with Crippen LogP contribution in [0.25, 0.3) is 6.08 Å². The summed E-state index contributed by atoms with van der Waals surface area (Å²) in [4.78, 5) is 12.0. The van der Waals surface area contributed by atoms with Gasteiger partial charge >= 0.3 is 0 Å². The fourth-order valence-corrected chi connectivity index (χ4v) is 2.49. The van der Waals surface area contributed by atoms with Crippen LogP contribution in [0.2, 0.25) is 0 Å². The fourth-order valence-electron chi connectivity index (χ4n) is 2.49.